The van der Waals surface area contributed by atoms with Crippen LogP contribution in [0.1, 0.15) is 6.92 Å². The number of pyridine rings is 1. The van der Waals surface area contributed by atoms with E-state index >= 15 is 0 Å². The molecule has 0 aliphatic rings. The first-order valence-corrected chi connectivity index (χ1v) is 7.75. The van der Waals surface area contributed by atoms with Gasteiger partial charge in [0.25, 0.3) is 17.3 Å². The van der Waals surface area contributed by atoms with Crippen LogP contribution in [0.25, 0.3) is 23.2 Å². The molecule has 0 saturated carbocycles. The van der Waals surface area contributed by atoms with Crippen molar-refractivity contribution in [1.82, 2.24) is 30.3 Å². The number of likely N-dealkylation sites (N-methyl/N-ethyl adjacent to an activating group) is 1. The number of hydrogen-bond acceptors (Lipinski definition) is 7. The molecule has 0 unspecified atom stereocenters. The van der Waals surface area contributed by atoms with Crippen LogP contribution in [-0.2, 0) is 11.3 Å². The predicted molar refractivity (Wildman–Crippen MR) is 88.7 cm³/mol. The van der Waals surface area contributed by atoms with E-state index in [-0.39, 0.29) is 29.9 Å². The molecule has 0 fully saturated rings. The van der Waals surface area contributed by atoms with E-state index in [0.717, 1.165) is 4.68 Å². The van der Waals surface area contributed by atoms with Gasteiger partial charge in [0.15, 0.2) is 0 Å². The van der Waals surface area contributed by atoms with E-state index in [4.69, 9.17) is 16.0 Å². The van der Waals surface area contributed by atoms with E-state index in [0.29, 0.717) is 17.3 Å². The number of rotatable bonds is 5. The second kappa shape index (κ2) is 7.22. The van der Waals surface area contributed by atoms with Gasteiger partial charge in [-0.3, -0.25) is 14.6 Å². The van der Waals surface area contributed by atoms with Gasteiger partial charge in [-0.05, 0) is 25.1 Å². The predicted octanol–water partition coefficient (Wildman–Crippen LogP) is 1.14. The van der Waals surface area contributed by atoms with Gasteiger partial charge in [0.05, 0.1) is 0 Å². The summed E-state index contributed by atoms with van der Waals surface area (Å²) >= 11 is 5.91. The third-order valence-electron chi connectivity index (χ3n) is 3.12. The van der Waals surface area contributed by atoms with Gasteiger partial charge in [-0.2, -0.15) is 5.10 Å². The van der Waals surface area contributed by atoms with E-state index in [9.17, 15) is 9.59 Å². The minimum absolute atomic E-state index is 0.0985. The highest BCUT2D eigenvalue weighted by atomic mass is 35.5. The Hall–Kier alpha value is -3.07. The summed E-state index contributed by atoms with van der Waals surface area (Å²) in [6, 6.07) is 5.94. The number of amides is 1. The highest BCUT2D eigenvalue weighted by molar-refractivity contribution is 6.30. The Kier molecular flexibility index (Phi) is 4.85. The van der Waals surface area contributed by atoms with Crippen molar-refractivity contribution < 1.29 is 9.21 Å². The fraction of sp³-hybridized carbons (Fsp3) is 0.200. The van der Waals surface area contributed by atoms with E-state index < -0.39 is 5.56 Å². The number of carbonyl (C=O) groups excluding carboxylic acids is 1. The number of carbonyl (C=O) groups is 1. The normalized spacial score (nSPS) is 10.6. The largest absolute Gasteiger partial charge is 0.413 e. The van der Waals surface area contributed by atoms with Crippen molar-refractivity contribution in [3.8, 4) is 23.2 Å². The Morgan fingerprint density at radius 3 is 2.72 bits per heavy atom. The Morgan fingerprint density at radius 2 is 2.00 bits per heavy atom. The fourth-order valence-electron chi connectivity index (χ4n) is 2.02. The zero-order valence-corrected chi connectivity index (χ0v) is 13.9. The SMILES string of the molecule is CCNC(=O)Cn1nc(-c2nnc(-c3cc(Cl)ccn3)o2)ccc1=O. The first-order chi connectivity index (χ1) is 12.1. The summed E-state index contributed by atoms with van der Waals surface area (Å²) in [4.78, 5) is 27.6. The summed E-state index contributed by atoms with van der Waals surface area (Å²) < 4.78 is 6.57. The Morgan fingerprint density at radius 1 is 1.24 bits per heavy atom. The molecular weight excluding hydrogens is 348 g/mol. The van der Waals surface area contributed by atoms with E-state index in [2.05, 4.69) is 25.6 Å². The molecule has 3 rings (SSSR count). The molecular formula is C15H13ClN6O3. The molecule has 0 saturated heterocycles. The molecule has 3 aromatic heterocycles. The molecule has 3 aromatic rings. The van der Waals surface area contributed by atoms with Crippen molar-refractivity contribution in [3.05, 3.63) is 45.8 Å². The van der Waals surface area contributed by atoms with Crippen LogP contribution >= 0.6 is 11.6 Å². The van der Waals surface area contributed by atoms with Crippen LogP contribution in [0.5, 0.6) is 0 Å². The van der Waals surface area contributed by atoms with Gasteiger partial charge in [0, 0.05) is 23.8 Å². The summed E-state index contributed by atoms with van der Waals surface area (Å²) in [5.41, 5.74) is 0.276. The third-order valence-corrected chi connectivity index (χ3v) is 3.35. The van der Waals surface area contributed by atoms with Crippen molar-refractivity contribution >= 4 is 17.5 Å². The van der Waals surface area contributed by atoms with Gasteiger partial charge in [0.1, 0.15) is 17.9 Å². The summed E-state index contributed by atoms with van der Waals surface area (Å²) in [5, 5.41) is 15.0. The van der Waals surface area contributed by atoms with Crippen LogP contribution in [-0.4, -0.2) is 37.4 Å². The maximum atomic E-state index is 11.8. The van der Waals surface area contributed by atoms with Crippen LogP contribution in [0.4, 0.5) is 0 Å². The van der Waals surface area contributed by atoms with Gasteiger partial charge in [0.2, 0.25) is 5.91 Å². The molecule has 1 amide bonds. The highest BCUT2D eigenvalue weighted by Crippen LogP contribution is 2.22. The van der Waals surface area contributed by atoms with E-state index in [1.807, 2.05) is 0 Å². The molecule has 0 radical (unpaired) electrons. The van der Waals surface area contributed by atoms with Crippen LogP contribution in [0.2, 0.25) is 5.02 Å². The van der Waals surface area contributed by atoms with E-state index in [1.54, 1.807) is 19.1 Å². The molecule has 0 spiro atoms. The minimum atomic E-state index is -0.411. The standard InChI is InChI=1S/C15H13ClN6O3/c1-2-17-12(23)8-22-13(24)4-3-10(21-22)14-19-20-15(25-14)11-7-9(16)5-6-18-11/h3-7H,2,8H2,1H3,(H,17,23). The summed E-state index contributed by atoms with van der Waals surface area (Å²) in [7, 11) is 0. The number of nitrogens with zero attached hydrogens (tertiary/aromatic N) is 5. The smallest absolute Gasteiger partial charge is 0.268 e. The molecule has 10 heteroatoms. The minimum Gasteiger partial charge on any atom is -0.413 e. The van der Waals surface area contributed by atoms with Gasteiger partial charge in [-0.15, -0.1) is 10.2 Å². The molecule has 0 aliphatic heterocycles. The van der Waals surface area contributed by atoms with Crippen LogP contribution in [0, 0.1) is 0 Å². The molecule has 128 valence electrons. The monoisotopic (exact) mass is 360 g/mol. The maximum Gasteiger partial charge on any atom is 0.268 e. The second-order valence-corrected chi connectivity index (χ2v) is 5.38. The van der Waals surface area contributed by atoms with Gasteiger partial charge < -0.3 is 9.73 Å². The van der Waals surface area contributed by atoms with Crippen molar-refractivity contribution in [3.63, 3.8) is 0 Å². The Balaban J connectivity index is 1.90. The molecule has 0 bridgehead atoms. The number of halogens is 1. The third kappa shape index (κ3) is 3.89. The van der Waals surface area contributed by atoms with Crippen molar-refractivity contribution in [2.75, 3.05) is 6.54 Å². The Bertz CT molecular complexity index is 968. The second-order valence-electron chi connectivity index (χ2n) is 4.94. The lowest BCUT2D eigenvalue weighted by atomic mass is 10.3. The van der Waals surface area contributed by atoms with E-state index in [1.165, 1.54) is 18.3 Å². The van der Waals surface area contributed by atoms with Crippen molar-refractivity contribution in [1.29, 1.82) is 0 Å². The molecule has 1 N–H and O–H groups in total. The number of hydrogen-bond donors (Lipinski definition) is 1. The maximum absolute atomic E-state index is 11.8. The fourth-order valence-corrected chi connectivity index (χ4v) is 2.18. The number of aromatic nitrogens is 5. The summed E-state index contributed by atoms with van der Waals surface area (Å²) in [6.07, 6.45) is 1.52. The molecule has 0 atom stereocenters. The zero-order chi connectivity index (χ0) is 17.8. The number of nitrogens with one attached hydrogen (secondary N) is 1. The summed E-state index contributed by atoms with van der Waals surface area (Å²) in [5.74, 6) is -0.0502. The van der Waals surface area contributed by atoms with Crippen molar-refractivity contribution in [2.45, 2.75) is 13.5 Å². The molecule has 25 heavy (non-hydrogen) atoms. The summed E-state index contributed by atoms with van der Waals surface area (Å²) in [6.45, 7) is 2.05. The average molecular weight is 361 g/mol. The van der Waals surface area contributed by atoms with Gasteiger partial charge in [-0.1, -0.05) is 11.6 Å². The quantitative estimate of drug-likeness (QED) is 0.725. The van der Waals surface area contributed by atoms with Crippen LogP contribution < -0.4 is 10.9 Å². The first-order valence-electron chi connectivity index (χ1n) is 7.37. The Labute approximate surface area is 146 Å². The average Bonchev–Trinajstić information content (AvgIpc) is 3.07. The lowest BCUT2D eigenvalue weighted by Gasteiger charge is -2.05. The molecule has 3 heterocycles. The van der Waals surface area contributed by atoms with Crippen molar-refractivity contribution in [2.24, 2.45) is 0 Å². The lowest BCUT2D eigenvalue weighted by Crippen LogP contribution is -2.33. The zero-order valence-electron chi connectivity index (χ0n) is 13.1. The lowest BCUT2D eigenvalue weighted by molar-refractivity contribution is -0.121. The van der Waals surface area contributed by atoms with Gasteiger partial charge >= 0.3 is 0 Å². The molecule has 0 aromatic carbocycles. The van der Waals surface area contributed by atoms with Crippen LogP contribution in [0.15, 0.2) is 39.7 Å². The first kappa shape index (κ1) is 16.8. The molecule has 0 aliphatic carbocycles. The van der Waals surface area contributed by atoms with Gasteiger partial charge in [-0.25, -0.2) is 4.68 Å². The van der Waals surface area contributed by atoms with Crippen LogP contribution in [0.3, 0.4) is 0 Å². The topological polar surface area (TPSA) is 116 Å². The highest BCUT2D eigenvalue weighted by Gasteiger charge is 2.15. The molecule has 9 nitrogen and oxygen atoms in total.